The summed E-state index contributed by atoms with van der Waals surface area (Å²) in [6.07, 6.45) is 3.17. The maximum atomic E-state index is 14.1. The number of ketones is 1. The van der Waals surface area contributed by atoms with Crippen LogP contribution in [0.1, 0.15) is 15.9 Å². The average molecular weight is 270 g/mol. The van der Waals surface area contributed by atoms with E-state index < -0.39 is 11.6 Å². The first kappa shape index (κ1) is 12.3. The van der Waals surface area contributed by atoms with Gasteiger partial charge in [0.2, 0.25) is 0 Å². The van der Waals surface area contributed by atoms with E-state index in [1.807, 2.05) is 0 Å². The van der Waals surface area contributed by atoms with Crippen molar-refractivity contribution in [3.8, 4) is 5.75 Å². The molecule has 0 aliphatic carbocycles. The van der Waals surface area contributed by atoms with Crippen molar-refractivity contribution in [1.29, 1.82) is 0 Å². The molecule has 3 rings (SSSR count). The Bertz CT molecular complexity index is 795. The Morgan fingerprint density at radius 1 is 1.20 bits per heavy atom. The van der Waals surface area contributed by atoms with Crippen molar-refractivity contribution in [3.05, 3.63) is 65.7 Å². The van der Waals surface area contributed by atoms with Crippen LogP contribution in [-0.2, 0) is 0 Å². The molecule has 0 saturated carbocycles. The van der Waals surface area contributed by atoms with Crippen molar-refractivity contribution < 1.29 is 13.9 Å². The number of hydrogen-bond acceptors (Lipinski definition) is 3. The highest BCUT2D eigenvalue weighted by atomic mass is 19.1. The predicted molar refractivity (Wildman–Crippen MR) is 71.6 cm³/mol. The fraction of sp³-hybridized carbons (Fsp3) is 0.0667. The summed E-state index contributed by atoms with van der Waals surface area (Å²) in [4.78, 5) is 12.5. The third kappa shape index (κ3) is 1.84. The van der Waals surface area contributed by atoms with Crippen molar-refractivity contribution in [2.45, 2.75) is 0 Å². The molecule has 0 bridgehead atoms. The van der Waals surface area contributed by atoms with E-state index in [2.05, 4.69) is 5.10 Å². The second-order valence-corrected chi connectivity index (χ2v) is 4.24. The van der Waals surface area contributed by atoms with Crippen molar-refractivity contribution in [3.63, 3.8) is 0 Å². The summed E-state index contributed by atoms with van der Waals surface area (Å²) < 4.78 is 20.6. The first-order valence-corrected chi connectivity index (χ1v) is 6.02. The molecular weight excluding hydrogens is 259 g/mol. The molecule has 0 aliphatic rings. The Hall–Kier alpha value is -2.69. The van der Waals surface area contributed by atoms with E-state index in [9.17, 15) is 9.18 Å². The zero-order valence-corrected chi connectivity index (χ0v) is 10.7. The van der Waals surface area contributed by atoms with Crippen LogP contribution in [0.3, 0.4) is 0 Å². The van der Waals surface area contributed by atoms with E-state index >= 15 is 0 Å². The van der Waals surface area contributed by atoms with Crippen LogP contribution in [0.2, 0.25) is 0 Å². The van der Waals surface area contributed by atoms with E-state index in [4.69, 9.17) is 4.74 Å². The van der Waals surface area contributed by atoms with Crippen molar-refractivity contribution >= 4 is 11.3 Å². The zero-order chi connectivity index (χ0) is 14.1. The topological polar surface area (TPSA) is 43.6 Å². The minimum absolute atomic E-state index is 0.0249. The van der Waals surface area contributed by atoms with E-state index in [-0.39, 0.29) is 11.3 Å². The lowest BCUT2D eigenvalue weighted by Gasteiger charge is -2.05. The number of carbonyl (C=O) groups excluding carboxylic acids is 1. The number of ether oxygens (including phenoxy) is 1. The minimum Gasteiger partial charge on any atom is -0.494 e. The van der Waals surface area contributed by atoms with Gasteiger partial charge in [-0.2, -0.15) is 5.10 Å². The van der Waals surface area contributed by atoms with Crippen LogP contribution < -0.4 is 4.74 Å². The molecule has 4 nitrogen and oxygen atoms in total. The van der Waals surface area contributed by atoms with Crippen molar-refractivity contribution in [2.75, 3.05) is 7.11 Å². The molecule has 3 aromatic rings. The lowest BCUT2D eigenvalue weighted by atomic mass is 10.0. The van der Waals surface area contributed by atoms with Crippen LogP contribution >= 0.6 is 0 Å². The molecule has 0 fully saturated rings. The molecule has 2 heterocycles. The molecule has 100 valence electrons. The van der Waals surface area contributed by atoms with Gasteiger partial charge in [-0.1, -0.05) is 12.1 Å². The Morgan fingerprint density at radius 3 is 2.85 bits per heavy atom. The maximum absolute atomic E-state index is 14.1. The van der Waals surface area contributed by atoms with E-state index in [1.165, 1.54) is 25.4 Å². The van der Waals surface area contributed by atoms with Gasteiger partial charge in [-0.05, 0) is 24.3 Å². The molecule has 0 N–H and O–H groups in total. The van der Waals surface area contributed by atoms with E-state index in [0.29, 0.717) is 11.1 Å². The fourth-order valence-corrected chi connectivity index (χ4v) is 2.10. The number of hydrogen-bond donors (Lipinski definition) is 0. The summed E-state index contributed by atoms with van der Waals surface area (Å²) in [5.41, 5.74) is 0.973. The molecule has 1 aromatic carbocycles. The number of rotatable bonds is 3. The Balaban J connectivity index is 2.14. The van der Waals surface area contributed by atoms with E-state index in [0.717, 1.165) is 0 Å². The molecule has 0 spiro atoms. The fourth-order valence-electron chi connectivity index (χ4n) is 2.10. The molecule has 0 atom stereocenters. The summed E-state index contributed by atoms with van der Waals surface area (Å²) in [6.45, 7) is 0. The number of aromatic nitrogens is 2. The summed E-state index contributed by atoms with van der Waals surface area (Å²) in [5.74, 6) is -1.02. The molecule has 20 heavy (non-hydrogen) atoms. The Kier molecular flexibility index (Phi) is 2.95. The number of nitrogens with zero attached hydrogens (tertiary/aromatic N) is 2. The minimum atomic E-state index is -0.657. The predicted octanol–water partition coefficient (Wildman–Crippen LogP) is 2.71. The highest BCUT2D eigenvalue weighted by Crippen LogP contribution is 2.23. The quantitative estimate of drug-likeness (QED) is 0.687. The van der Waals surface area contributed by atoms with Gasteiger partial charge in [-0.15, -0.1) is 0 Å². The highest BCUT2D eigenvalue weighted by molar-refractivity contribution is 6.13. The summed E-state index contributed by atoms with van der Waals surface area (Å²) in [5, 5.41) is 4.08. The van der Waals surface area contributed by atoms with Crippen LogP contribution in [0, 0.1) is 5.82 Å². The van der Waals surface area contributed by atoms with Gasteiger partial charge in [0.05, 0.1) is 30.0 Å². The summed E-state index contributed by atoms with van der Waals surface area (Å²) in [6, 6.07) is 9.87. The normalized spacial score (nSPS) is 10.7. The SMILES string of the molecule is COc1cccc(C(=O)c2cnn3ccccc23)c1F. The van der Waals surface area contributed by atoms with Gasteiger partial charge in [0.25, 0.3) is 0 Å². The van der Waals surface area contributed by atoms with Gasteiger partial charge in [-0.3, -0.25) is 4.79 Å². The molecule has 0 amide bonds. The van der Waals surface area contributed by atoms with Gasteiger partial charge in [0.1, 0.15) is 0 Å². The van der Waals surface area contributed by atoms with E-state index in [1.54, 1.807) is 35.0 Å². The largest absolute Gasteiger partial charge is 0.494 e. The Labute approximate surface area is 114 Å². The molecule has 2 aromatic heterocycles. The third-order valence-electron chi connectivity index (χ3n) is 3.10. The number of carbonyl (C=O) groups is 1. The Morgan fingerprint density at radius 2 is 2.05 bits per heavy atom. The van der Waals surface area contributed by atoms with Crippen molar-refractivity contribution in [1.82, 2.24) is 9.61 Å². The smallest absolute Gasteiger partial charge is 0.199 e. The summed E-state index contributed by atoms with van der Waals surface area (Å²) >= 11 is 0. The van der Waals surface area contributed by atoms with Crippen molar-refractivity contribution in [2.24, 2.45) is 0 Å². The average Bonchev–Trinajstić information content (AvgIpc) is 2.91. The van der Waals surface area contributed by atoms with Gasteiger partial charge in [-0.25, -0.2) is 8.91 Å². The molecular formula is C15H11FN2O2. The number of halogens is 1. The lowest BCUT2D eigenvalue weighted by Crippen LogP contribution is -2.05. The second kappa shape index (κ2) is 4.77. The molecule has 0 aliphatic heterocycles. The molecule has 0 unspecified atom stereocenters. The molecule has 0 saturated heterocycles. The second-order valence-electron chi connectivity index (χ2n) is 4.24. The number of fused-ring (bicyclic) bond motifs is 1. The third-order valence-corrected chi connectivity index (χ3v) is 3.10. The van der Waals surface area contributed by atoms with Crippen LogP contribution in [0.15, 0.2) is 48.8 Å². The van der Waals surface area contributed by atoms with Crippen LogP contribution in [0.25, 0.3) is 5.52 Å². The highest BCUT2D eigenvalue weighted by Gasteiger charge is 2.20. The zero-order valence-electron chi connectivity index (χ0n) is 10.7. The maximum Gasteiger partial charge on any atom is 0.199 e. The number of pyridine rings is 1. The van der Waals surface area contributed by atoms with Gasteiger partial charge in [0, 0.05) is 6.20 Å². The lowest BCUT2D eigenvalue weighted by molar-refractivity contribution is 0.103. The first-order valence-electron chi connectivity index (χ1n) is 6.02. The molecule has 0 radical (unpaired) electrons. The summed E-state index contributed by atoms with van der Waals surface area (Å²) in [7, 11) is 1.36. The molecule has 5 heteroatoms. The standard InChI is InChI=1S/C15H11FN2O2/c1-20-13-7-4-5-10(14(13)16)15(19)11-9-17-18-8-3-2-6-12(11)18/h2-9H,1H3. The van der Waals surface area contributed by atoms with Crippen LogP contribution in [-0.4, -0.2) is 22.5 Å². The first-order chi connectivity index (χ1) is 9.72. The monoisotopic (exact) mass is 270 g/mol. The van der Waals surface area contributed by atoms with Gasteiger partial charge < -0.3 is 4.74 Å². The number of methoxy groups -OCH3 is 1. The van der Waals surface area contributed by atoms with Crippen LogP contribution in [0.4, 0.5) is 4.39 Å². The van der Waals surface area contributed by atoms with Gasteiger partial charge in [0.15, 0.2) is 17.3 Å². The van der Waals surface area contributed by atoms with Gasteiger partial charge >= 0.3 is 0 Å². The number of benzene rings is 1. The van der Waals surface area contributed by atoms with Crippen LogP contribution in [0.5, 0.6) is 5.75 Å².